The molecule has 492 valence electrons. The minimum absolute atomic E-state index is 0.132. The van der Waals surface area contributed by atoms with E-state index < -0.39 is 150 Å². The van der Waals surface area contributed by atoms with Gasteiger partial charge in [-0.25, -0.2) is 0 Å². The molecule has 0 unspecified atom stereocenters. The number of benzene rings is 2. The summed E-state index contributed by atoms with van der Waals surface area (Å²) in [7, 11) is 9.35. The van der Waals surface area contributed by atoms with E-state index in [2.05, 4.69) is 49.8 Å². The zero-order valence-corrected chi connectivity index (χ0v) is 56.3. The van der Waals surface area contributed by atoms with Crippen LogP contribution in [0.1, 0.15) is 111 Å². The molecule has 1 fully saturated rings. The van der Waals surface area contributed by atoms with Gasteiger partial charge in [0.05, 0.1) is 25.2 Å². The Morgan fingerprint density at radius 3 is 1.74 bits per heavy atom. The van der Waals surface area contributed by atoms with E-state index in [1.807, 2.05) is 27.7 Å². The van der Waals surface area contributed by atoms with E-state index in [-0.39, 0.29) is 55.9 Å². The number of amides is 11. The van der Waals surface area contributed by atoms with Gasteiger partial charge in [-0.1, -0.05) is 72.2 Å². The van der Waals surface area contributed by atoms with Crippen LogP contribution < -0.4 is 21.3 Å². The molecule has 22 nitrogen and oxygen atoms in total. The predicted molar refractivity (Wildman–Crippen MR) is 337 cm³/mol. The van der Waals surface area contributed by atoms with Crippen LogP contribution in [0.4, 0.5) is 13.2 Å². The van der Waals surface area contributed by atoms with Gasteiger partial charge in [-0.2, -0.15) is 13.2 Å². The number of nitrogens with zero attached hydrogens (tertiary/aromatic N) is 7. The van der Waals surface area contributed by atoms with E-state index in [1.165, 1.54) is 73.0 Å². The van der Waals surface area contributed by atoms with Crippen LogP contribution in [0.2, 0.25) is 0 Å². The second-order valence-electron chi connectivity index (χ2n) is 24.6. The topological polar surface area (TPSA) is 259 Å². The number of carbonyl (C=O) groups is 11. The van der Waals surface area contributed by atoms with Crippen molar-refractivity contribution in [2.45, 2.75) is 161 Å². The highest BCUT2D eigenvalue weighted by atomic mass is 127. The third-order valence-electron chi connectivity index (χ3n) is 16.2. The Morgan fingerprint density at radius 1 is 0.618 bits per heavy atom. The Bertz CT molecular complexity index is 2920. The van der Waals surface area contributed by atoms with Crippen molar-refractivity contribution in [3.05, 3.63) is 68.8 Å². The maximum Gasteiger partial charge on any atom is 0.416 e. The van der Waals surface area contributed by atoms with E-state index >= 15 is 0 Å². The van der Waals surface area contributed by atoms with Crippen molar-refractivity contribution in [1.29, 1.82) is 0 Å². The summed E-state index contributed by atoms with van der Waals surface area (Å²) in [5.74, 6) is -6.53. The molecule has 0 bridgehead atoms. The van der Waals surface area contributed by atoms with Gasteiger partial charge in [0.15, 0.2) is 0 Å². The van der Waals surface area contributed by atoms with Crippen molar-refractivity contribution in [1.82, 2.24) is 55.6 Å². The summed E-state index contributed by atoms with van der Waals surface area (Å²) in [5.41, 5.74) is -1.92. The zero-order chi connectivity index (χ0) is 67.7. The second kappa shape index (κ2) is 33.5. The molecule has 1 heterocycles. The van der Waals surface area contributed by atoms with Crippen LogP contribution in [0.5, 0.6) is 0 Å². The Morgan fingerprint density at radius 2 is 1.19 bits per heavy atom. The van der Waals surface area contributed by atoms with E-state index in [9.17, 15) is 65.9 Å². The van der Waals surface area contributed by atoms with Gasteiger partial charge in [0.1, 0.15) is 41.8 Å². The average Bonchev–Trinajstić information content (AvgIpc) is 3.61. The molecule has 2 aromatic carbocycles. The van der Waals surface area contributed by atoms with Crippen LogP contribution in [0, 0.1) is 33.7 Å². The molecule has 0 spiro atoms. The van der Waals surface area contributed by atoms with Crippen molar-refractivity contribution >= 4 is 87.6 Å². The Hall–Kier alpha value is -7.31. The molecule has 89 heavy (non-hydrogen) atoms. The molecule has 2 aromatic rings. The molecule has 0 aromatic heterocycles. The number of halogens is 4. The lowest BCUT2D eigenvalue weighted by molar-refractivity contribution is -0.148. The number of alkyl halides is 3. The molecule has 0 aliphatic carbocycles. The monoisotopic (exact) mass is 1360 g/mol. The highest BCUT2D eigenvalue weighted by molar-refractivity contribution is 14.1. The number of hydrogen-bond acceptors (Lipinski definition) is 11. The summed E-state index contributed by atoms with van der Waals surface area (Å²) in [6.45, 7) is 13.5. The van der Waals surface area contributed by atoms with Crippen LogP contribution in [-0.4, -0.2) is 216 Å². The van der Waals surface area contributed by atoms with Crippen molar-refractivity contribution in [2.24, 2.45) is 17.8 Å². The first-order chi connectivity index (χ1) is 41.3. The van der Waals surface area contributed by atoms with E-state index in [4.69, 9.17) is 6.42 Å². The lowest BCUT2D eigenvalue weighted by Gasteiger charge is -2.38. The molecular formula is C63H91F3IN11O11. The first kappa shape index (κ1) is 75.9. The molecule has 11 amide bonds. The molecule has 4 N–H and O–H groups in total. The van der Waals surface area contributed by atoms with Crippen LogP contribution in [0.25, 0.3) is 0 Å². The Labute approximate surface area is 535 Å². The van der Waals surface area contributed by atoms with Crippen molar-refractivity contribution < 1.29 is 65.9 Å². The van der Waals surface area contributed by atoms with Gasteiger partial charge in [0.25, 0.3) is 0 Å². The van der Waals surface area contributed by atoms with E-state index in [1.54, 1.807) is 45.0 Å². The molecule has 1 aliphatic rings. The van der Waals surface area contributed by atoms with Crippen LogP contribution in [-0.2, 0) is 71.8 Å². The summed E-state index contributed by atoms with van der Waals surface area (Å²) >= 11 is 2.07. The number of terminal acetylenes is 1. The lowest BCUT2D eigenvalue weighted by atomic mass is 9.95. The van der Waals surface area contributed by atoms with Gasteiger partial charge < -0.3 is 55.6 Å². The molecule has 26 heteroatoms. The number of rotatable bonds is 11. The molecule has 1 saturated heterocycles. The van der Waals surface area contributed by atoms with Crippen LogP contribution >= 0.6 is 22.6 Å². The summed E-state index contributed by atoms with van der Waals surface area (Å²) in [6, 6.07) is 2.21. The second-order valence-corrected chi connectivity index (χ2v) is 25.9. The molecule has 0 radical (unpaired) electrons. The summed E-state index contributed by atoms with van der Waals surface area (Å²) in [6.07, 6.45) is 0.623. The van der Waals surface area contributed by atoms with Gasteiger partial charge >= 0.3 is 6.18 Å². The predicted octanol–water partition coefficient (Wildman–Crippen LogP) is 3.71. The van der Waals surface area contributed by atoms with Crippen molar-refractivity contribution in [2.75, 3.05) is 69.0 Å². The summed E-state index contributed by atoms with van der Waals surface area (Å²) in [4.78, 5) is 165. The smallest absolute Gasteiger partial charge is 0.342 e. The normalized spacial score (nSPS) is 23.7. The number of likely N-dealkylation sites (N-methyl/N-ethyl adjacent to an activating group) is 7. The van der Waals surface area contributed by atoms with Gasteiger partial charge in [-0.3, -0.25) is 52.7 Å². The maximum absolute atomic E-state index is 14.6. The van der Waals surface area contributed by atoms with Gasteiger partial charge in [0.2, 0.25) is 65.0 Å². The Kier molecular flexibility index (Phi) is 28.6. The van der Waals surface area contributed by atoms with E-state index in [0.717, 1.165) is 52.3 Å². The zero-order valence-electron chi connectivity index (χ0n) is 54.2. The molecule has 3 rings (SSSR count). The maximum atomic E-state index is 14.6. The third-order valence-corrected chi connectivity index (χ3v) is 16.9. The number of nitrogens with one attached hydrogen (secondary N) is 4. The fourth-order valence-corrected chi connectivity index (χ4v) is 10.4. The van der Waals surface area contributed by atoms with Gasteiger partial charge in [0, 0.05) is 84.6 Å². The SMILES string of the molecule is C#CC[C@@H]1NC(=O)[C@H](Cc2cccc(I)c2)NC(=O)CN(C)C(=O)[C@H](Cc2ccc(C(F)(F)F)cc2)N(C)C(=O)CN(C)C(=O)CN(C)C(=O)[C@H]([C@@H](C)CC)NC(=O)[C@H](CC(C)C)N(C)C(=O)C[C@@H](C)N(C)C(=O)[C@H](CC(C)C)NC(=O)C(C)(C)N(C)C1=O. The van der Waals surface area contributed by atoms with Crippen molar-refractivity contribution in [3.8, 4) is 12.3 Å². The number of hydrogen-bond donors (Lipinski definition) is 4. The van der Waals surface area contributed by atoms with Gasteiger partial charge in [-0.05, 0) is 109 Å². The molecule has 0 saturated carbocycles. The fourth-order valence-electron chi connectivity index (χ4n) is 9.83. The third kappa shape index (κ3) is 21.7. The lowest BCUT2D eigenvalue weighted by Crippen LogP contribution is -2.63. The quantitative estimate of drug-likeness (QED) is 0.186. The fraction of sp³-hybridized carbons (Fsp3) is 0.603. The first-order valence-electron chi connectivity index (χ1n) is 29.6. The average molecular weight is 1360 g/mol. The van der Waals surface area contributed by atoms with E-state index in [0.29, 0.717) is 12.0 Å². The molecule has 8 atom stereocenters. The standard InChI is InChI=1S/C63H91F3IN11O11/c1-18-21-45-58(86)78(17)62(9,10)61(89)70-47(28-37(3)4)57(85)75(14)40(8)30-51(80)76(15)48(29-38(5)6)56(84)71-54(39(7)19-2)60(88)74(13)35-52(81)72(11)36-53(82)77(16)49(33-41-24-26-43(27-25-41)63(64,65)66)59(87)73(12)34-50(79)68-46(55(83)69-45)32-42-22-20-23-44(67)31-42/h1,20,22-27,31,37-40,45-49,54H,19,21,28-30,32-36H2,2-17H3,(H,68,79)(H,69,83)(H,70,89)(H,71,84)/t39-,40+,45-,46-,47-,48-,49-,54-/m0/s1. The van der Waals surface area contributed by atoms with Crippen molar-refractivity contribution in [3.63, 3.8) is 0 Å². The highest BCUT2D eigenvalue weighted by Gasteiger charge is 2.43. The summed E-state index contributed by atoms with van der Waals surface area (Å²) in [5, 5.41) is 10.9. The molecular weight excluding hydrogens is 1270 g/mol. The van der Waals surface area contributed by atoms with Crippen LogP contribution in [0.15, 0.2) is 48.5 Å². The largest absolute Gasteiger partial charge is 0.416 e. The minimum Gasteiger partial charge on any atom is -0.342 e. The Balaban J connectivity index is 2.22. The first-order valence-corrected chi connectivity index (χ1v) is 30.7. The van der Waals surface area contributed by atoms with Crippen LogP contribution in [0.3, 0.4) is 0 Å². The highest BCUT2D eigenvalue weighted by Crippen LogP contribution is 2.30. The minimum atomic E-state index is -4.69. The molecule has 1 aliphatic heterocycles. The van der Waals surface area contributed by atoms with Gasteiger partial charge in [-0.15, -0.1) is 12.3 Å². The summed E-state index contributed by atoms with van der Waals surface area (Å²) < 4.78 is 41.8. The number of carbonyl (C=O) groups excluding carboxylic acids is 11.